The minimum Gasteiger partial charge on any atom is -0.508 e. The highest BCUT2D eigenvalue weighted by atomic mass is 35.5. The van der Waals surface area contributed by atoms with Crippen molar-refractivity contribution in [1.29, 1.82) is 0 Å². The number of phenolic OH excluding ortho intramolecular Hbond substituents is 1. The summed E-state index contributed by atoms with van der Waals surface area (Å²) >= 11 is 11.9. The molecule has 0 radical (unpaired) electrons. The first-order chi connectivity index (χ1) is 11.6. The Morgan fingerprint density at radius 1 is 1.17 bits per heavy atom. The van der Waals surface area contributed by atoms with Crippen LogP contribution in [-0.4, -0.2) is 29.8 Å². The summed E-state index contributed by atoms with van der Waals surface area (Å²) in [6, 6.07) is 9.04. The first kappa shape index (κ1) is 17.2. The lowest BCUT2D eigenvalue weighted by atomic mass is 9.93. The molecule has 1 aliphatic rings. The topological polar surface area (TPSA) is 45.6 Å². The molecule has 128 valence electrons. The van der Waals surface area contributed by atoms with E-state index in [9.17, 15) is 5.11 Å². The molecule has 0 bridgehead atoms. The fourth-order valence-electron chi connectivity index (χ4n) is 2.97. The highest BCUT2D eigenvalue weighted by Gasteiger charge is 2.19. The smallest absolute Gasteiger partial charge is 0.232 e. The van der Waals surface area contributed by atoms with Crippen LogP contribution >= 0.6 is 23.2 Å². The standard InChI is InChI=1S/C18H20Cl2N2O2/c19-14-11-17(20)18(21-12-14)24-10-7-13-5-8-22(9-6-13)15-1-3-16(23)4-2-15/h1-4,11-13,23H,5-10H2. The average Bonchev–Trinajstić information content (AvgIpc) is 2.58. The van der Waals surface area contributed by atoms with Crippen LogP contribution < -0.4 is 9.64 Å². The number of piperidine rings is 1. The van der Waals surface area contributed by atoms with Crippen LogP contribution in [0.2, 0.25) is 10.0 Å². The maximum atomic E-state index is 9.37. The van der Waals surface area contributed by atoms with Gasteiger partial charge >= 0.3 is 0 Å². The van der Waals surface area contributed by atoms with Crippen molar-refractivity contribution >= 4 is 28.9 Å². The third-order valence-electron chi connectivity index (χ3n) is 4.37. The number of hydrogen-bond acceptors (Lipinski definition) is 4. The normalized spacial score (nSPS) is 15.5. The molecular weight excluding hydrogens is 347 g/mol. The van der Waals surface area contributed by atoms with E-state index >= 15 is 0 Å². The average molecular weight is 367 g/mol. The molecule has 2 aromatic rings. The van der Waals surface area contributed by atoms with Crippen LogP contribution in [0, 0.1) is 5.92 Å². The van der Waals surface area contributed by atoms with Crippen molar-refractivity contribution in [3.63, 3.8) is 0 Å². The molecule has 1 aliphatic heterocycles. The van der Waals surface area contributed by atoms with E-state index in [0.717, 1.165) is 32.4 Å². The summed E-state index contributed by atoms with van der Waals surface area (Å²) in [6.07, 6.45) is 4.79. The van der Waals surface area contributed by atoms with Gasteiger partial charge in [0.15, 0.2) is 0 Å². The molecule has 0 spiro atoms. The third-order valence-corrected chi connectivity index (χ3v) is 4.85. The number of pyridine rings is 1. The lowest BCUT2D eigenvalue weighted by molar-refractivity contribution is 0.251. The summed E-state index contributed by atoms with van der Waals surface area (Å²) in [7, 11) is 0. The molecule has 0 atom stereocenters. The molecule has 4 nitrogen and oxygen atoms in total. The van der Waals surface area contributed by atoms with Gasteiger partial charge in [0.1, 0.15) is 10.8 Å². The van der Waals surface area contributed by atoms with Crippen LogP contribution in [-0.2, 0) is 0 Å². The van der Waals surface area contributed by atoms with Crippen LogP contribution in [0.4, 0.5) is 5.69 Å². The fraction of sp³-hybridized carbons (Fsp3) is 0.389. The fourth-order valence-corrected chi connectivity index (χ4v) is 3.41. The maximum Gasteiger partial charge on any atom is 0.232 e. The van der Waals surface area contributed by atoms with Gasteiger partial charge < -0.3 is 14.7 Å². The molecule has 2 heterocycles. The number of aromatic hydroxyl groups is 1. The van der Waals surface area contributed by atoms with E-state index in [0.29, 0.717) is 34.2 Å². The minimum atomic E-state index is 0.306. The molecule has 0 unspecified atom stereocenters. The lowest BCUT2D eigenvalue weighted by Gasteiger charge is -2.33. The quantitative estimate of drug-likeness (QED) is 0.826. The van der Waals surface area contributed by atoms with Crippen molar-refractivity contribution in [2.45, 2.75) is 19.3 Å². The van der Waals surface area contributed by atoms with Crippen LogP contribution in [0.25, 0.3) is 0 Å². The predicted octanol–water partition coefficient (Wildman–Crippen LogP) is 4.78. The van der Waals surface area contributed by atoms with Crippen LogP contribution in [0.3, 0.4) is 0 Å². The number of rotatable bonds is 5. The Labute approximate surface area is 152 Å². The minimum absolute atomic E-state index is 0.306. The zero-order valence-electron chi connectivity index (χ0n) is 13.3. The summed E-state index contributed by atoms with van der Waals surface area (Å²) in [5.41, 5.74) is 1.17. The second kappa shape index (κ2) is 7.95. The summed E-state index contributed by atoms with van der Waals surface area (Å²) in [5.74, 6) is 1.40. The molecule has 24 heavy (non-hydrogen) atoms. The zero-order chi connectivity index (χ0) is 16.9. The van der Waals surface area contributed by atoms with E-state index in [-0.39, 0.29) is 0 Å². The van der Waals surface area contributed by atoms with E-state index in [1.807, 2.05) is 12.1 Å². The Morgan fingerprint density at radius 3 is 2.54 bits per heavy atom. The molecule has 1 aromatic carbocycles. The Hall–Kier alpha value is -1.65. The van der Waals surface area contributed by atoms with Crippen LogP contribution in [0.1, 0.15) is 19.3 Å². The Balaban J connectivity index is 1.43. The van der Waals surface area contributed by atoms with Crippen molar-refractivity contribution in [3.8, 4) is 11.6 Å². The van der Waals surface area contributed by atoms with Crippen molar-refractivity contribution in [2.24, 2.45) is 5.92 Å². The molecule has 1 aromatic heterocycles. The first-order valence-electron chi connectivity index (χ1n) is 8.09. The lowest BCUT2D eigenvalue weighted by Crippen LogP contribution is -2.34. The SMILES string of the molecule is Oc1ccc(N2CCC(CCOc3ncc(Cl)cc3Cl)CC2)cc1. The van der Waals surface area contributed by atoms with Gasteiger partial charge in [0.2, 0.25) is 5.88 Å². The molecule has 0 amide bonds. The third kappa shape index (κ3) is 4.46. The van der Waals surface area contributed by atoms with Crippen LogP contribution in [0.5, 0.6) is 11.6 Å². The van der Waals surface area contributed by atoms with Gasteiger partial charge in [-0.25, -0.2) is 4.98 Å². The molecule has 1 fully saturated rings. The number of nitrogens with zero attached hydrogens (tertiary/aromatic N) is 2. The van der Waals surface area contributed by atoms with Gasteiger partial charge in [-0.2, -0.15) is 0 Å². The van der Waals surface area contributed by atoms with E-state index in [4.69, 9.17) is 27.9 Å². The van der Waals surface area contributed by atoms with Crippen molar-refractivity contribution in [2.75, 3.05) is 24.6 Å². The van der Waals surface area contributed by atoms with E-state index in [2.05, 4.69) is 9.88 Å². The van der Waals surface area contributed by atoms with Gasteiger partial charge in [0, 0.05) is 25.0 Å². The summed E-state index contributed by atoms with van der Waals surface area (Å²) < 4.78 is 5.68. The number of phenols is 1. The number of benzene rings is 1. The van der Waals surface area contributed by atoms with Gasteiger partial charge in [0.25, 0.3) is 0 Å². The van der Waals surface area contributed by atoms with Crippen molar-refractivity contribution in [1.82, 2.24) is 4.98 Å². The van der Waals surface area contributed by atoms with E-state index in [1.54, 1.807) is 24.4 Å². The molecule has 0 saturated carbocycles. The number of ether oxygens (including phenoxy) is 1. The van der Waals surface area contributed by atoms with Gasteiger partial charge in [-0.3, -0.25) is 0 Å². The molecule has 1 saturated heterocycles. The highest BCUT2D eigenvalue weighted by Crippen LogP contribution is 2.28. The second-order valence-corrected chi connectivity index (χ2v) is 6.87. The largest absolute Gasteiger partial charge is 0.508 e. The molecule has 6 heteroatoms. The van der Waals surface area contributed by atoms with Gasteiger partial charge in [-0.1, -0.05) is 23.2 Å². The van der Waals surface area contributed by atoms with Gasteiger partial charge in [0.05, 0.1) is 11.6 Å². The number of hydrogen-bond donors (Lipinski definition) is 1. The monoisotopic (exact) mass is 366 g/mol. The van der Waals surface area contributed by atoms with E-state index in [1.165, 1.54) is 5.69 Å². The zero-order valence-corrected chi connectivity index (χ0v) is 14.8. The predicted molar refractivity (Wildman–Crippen MR) is 97.4 cm³/mol. The number of anilines is 1. The first-order valence-corrected chi connectivity index (χ1v) is 8.85. The van der Waals surface area contributed by atoms with Gasteiger partial charge in [-0.15, -0.1) is 0 Å². The second-order valence-electron chi connectivity index (χ2n) is 6.02. The Kier molecular flexibility index (Phi) is 5.69. The van der Waals surface area contributed by atoms with Gasteiger partial charge in [-0.05, 0) is 55.5 Å². The van der Waals surface area contributed by atoms with E-state index < -0.39 is 0 Å². The molecule has 1 N–H and O–H groups in total. The summed E-state index contributed by atoms with van der Waals surface area (Å²) in [4.78, 5) is 6.46. The molecular formula is C18H20Cl2N2O2. The molecule has 3 rings (SSSR count). The Bertz CT molecular complexity index is 671. The summed E-state index contributed by atoms with van der Waals surface area (Å²) in [5, 5.41) is 10.3. The maximum absolute atomic E-state index is 9.37. The van der Waals surface area contributed by atoms with Crippen LogP contribution in [0.15, 0.2) is 36.5 Å². The Morgan fingerprint density at radius 2 is 1.88 bits per heavy atom. The molecule has 0 aliphatic carbocycles. The highest BCUT2D eigenvalue weighted by molar-refractivity contribution is 6.35. The summed E-state index contributed by atoms with van der Waals surface area (Å²) in [6.45, 7) is 2.66. The number of aromatic nitrogens is 1. The van der Waals surface area contributed by atoms with Crippen molar-refractivity contribution in [3.05, 3.63) is 46.6 Å². The number of halogens is 2. The van der Waals surface area contributed by atoms with Crippen molar-refractivity contribution < 1.29 is 9.84 Å².